The van der Waals surface area contributed by atoms with E-state index >= 15 is 0 Å². The first-order valence-electron chi connectivity index (χ1n) is 11.5. The summed E-state index contributed by atoms with van der Waals surface area (Å²) in [6.07, 6.45) is 4.83. The highest BCUT2D eigenvalue weighted by molar-refractivity contribution is 7.09. The van der Waals surface area contributed by atoms with Gasteiger partial charge in [0.15, 0.2) is 0 Å². The van der Waals surface area contributed by atoms with Gasteiger partial charge in [0.25, 0.3) is 0 Å². The largest absolute Gasteiger partial charge is 0.352 e. The molecule has 0 aliphatic heterocycles. The fraction of sp³-hybridized carbons (Fsp3) is 0.458. The summed E-state index contributed by atoms with van der Waals surface area (Å²) in [4.78, 5) is 30.5. The van der Waals surface area contributed by atoms with E-state index in [1.807, 2.05) is 55.6 Å². The second-order valence-electron chi connectivity index (χ2n) is 8.52. The van der Waals surface area contributed by atoms with Crippen molar-refractivity contribution in [1.29, 1.82) is 0 Å². The maximum absolute atomic E-state index is 13.4. The summed E-state index contributed by atoms with van der Waals surface area (Å²) in [5, 5.41) is 17.7. The third-order valence-corrected chi connectivity index (χ3v) is 6.89. The van der Waals surface area contributed by atoms with Gasteiger partial charge in [-0.2, -0.15) is 4.80 Å². The van der Waals surface area contributed by atoms with Gasteiger partial charge < -0.3 is 10.2 Å². The van der Waals surface area contributed by atoms with E-state index in [1.54, 1.807) is 16.2 Å². The van der Waals surface area contributed by atoms with Crippen molar-refractivity contribution in [3.63, 3.8) is 0 Å². The minimum absolute atomic E-state index is 0.0720. The van der Waals surface area contributed by atoms with Crippen molar-refractivity contribution in [2.24, 2.45) is 0 Å². The van der Waals surface area contributed by atoms with Gasteiger partial charge in [0.1, 0.15) is 12.6 Å². The Morgan fingerprint density at radius 2 is 1.97 bits per heavy atom. The van der Waals surface area contributed by atoms with Crippen LogP contribution < -0.4 is 5.32 Å². The molecule has 1 aliphatic rings. The summed E-state index contributed by atoms with van der Waals surface area (Å²) in [5.41, 5.74) is 1.99. The molecule has 0 saturated heterocycles. The van der Waals surface area contributed by atoms with Gasteiger partial charge in [0.2, 0.25) is 17.6 Å². The first kappa shape index (κ1) is 23.1. The Hall–Kier alpha value is -3.07. The maximum atomic E-state index is 13.4. The second-order valence-corrected chi connectivity index (χ2v) is 9.56. The third-order valence-electron chi connectivity index (χ3n) is 6.03. The molecule has 2 heterocycles. The van der Waals surface area contributed by atoms with Crippen LogP contribution in [0.3, 0.4) is 0 Å². The summed E-state index contributed by atoms with van der Waals surface area (Å²) >= 11 is 1.57. The maximum Gasteiger partial charge on any atom is 0.247 e. The second kappa shape index (κ2) is 10.7. The number of aromatic nitrogens is 4. The molecule has 1 N–H and O–H groups in total. The SMILES string of the molecule is CC[C@@H](C(=O)NC1CCCC1)N(Cc1cccs1)C(=O)Cn1nnc(-c2ccc(C)cc2)n1. The molecule has 3 aromatic rings. The van der Waals surface area contributed by atoms with E-state index in [1.165, 1.54) is 4.80 Å². The Kier molecular flexibility index (Phi) is 7.49. The van der Waals surface area contributed by atoms with Gasteiger partial charge in [0.05, 0.1) is 6.54 Å². The number of amides is 2. The molecule has 1 aliphatic carbocycles. The molecule has 1 fully saturated rings. The summed E-state index contributed by atoms with van der Waals surface area (Å²) in [5.74, 6) is 0.185. The zero-order valence-electron chi connectivity index (χ0n) is 19.1. The van der Waals surface area contributed by atoms with E-state index in [0.717, 1.165) is 41.7 Å². The molecule has 0 unspecified atom stereocenters. The van der Waals surface area contributed by atoms with Crippen molar-refractivity contribution in [2.45, 2.75) is 71.1 Å². The minimum Gasteiger partial charge on any atom is -0.352 e. The minimum atomic E-state index is -0.541. The lowest BCUT2D eigenvalue weighted by molar-refractivity contribution is -0.142. The van der Waals surface area contributed by atoms with Crippen LogP contribution in [0.1, 0.15) is 49.5 Å². The zero-order valence-corrected chi connectivity index (χ0v) is 19.9. The summed E-state index contributed by atoms with van der Waals surface area (Å²) in [6, 6.07) is 11.4. The molecule has 9 heteroatoms. The highest BCUT2D eigenvalue weighted by Gasteiger charge is 2.31. The monoisotopic (exact) mass is 466 g/mol. The number of rotatable bonds is 9. The Balaban J connectivity index is 1.50. The number of tetrazole rings is 1. The normalized spacial score (nSPS) is 14.8. The number of thiophene rings is 1. The average Bonchev–Trinajstić information content (AvgIpc) is 3.57. The van der Waals surface area contributed by atoms with Gasteiger partial charge in [-0.1, -0.05) is 55.7 Å². The van der Waals surface area contributed by atoms with Crippen LogP contribution in [0.15, 0.2) is 41.8 Å². The number of hydrogen-bond donors (Lipinski definition) is 1. The fourth-order valence-corrected chi connectivity index (χ4v) is 4.90. The molecule has 1 saturated carbocycles. The van der Waals surface area contributed by atoms with Gasteiger partial charge in [0, 0.05) is 16.5 Å². The summed E-state index contributed by atoms with van der Waals surface area (Å²) < 4.78 is 0. The van der Waals surface area contributed by atoms with Crippen molar-refractivity contribution < 1.29 is 9.59 Å². The Morgan fingerprint density at radius 1 is 1.21 bits per heavy atom. The van der Waals surface area contributed by atoms with Crippen molar-refractivity contribution in [3.8, 4) is 11.4 Å². The van der Waals surface area contributed by atoms with Crippen LogP contribution in [-0.4, -0.2) is 49.0 Å². The molecule has 33 heavy (non-hydrogen) atoms. The first-order valence-corrected chi connectivity index (χ1v) is 12.4. The van der Waals surface area contributed by atoms with Crippen LogP contribution in [0.5, 0.6) is 0 Å². The quantitative estimate of drug-likeness (QED) is 0.520. The molecule has 2 aromatic heterocycles. The number of carbonyl (C=O) groups is 2. The molecule has 4 rings (SSSR count). The van der Waals surface area contributed by atoms with Gasteiger partial charge in [-0.3, -0.25) is 9.59 Å². The van der Waals surface area contributed by atoms with Crippen LogP contribution in [0.4, 0.5) is 0 Å². The Morgan fingerprint density at radius 3 is 2.64 bits per heavy atom. The van der Waals surface area contributed by atoms with E-state index in [4.69, 9.17) is 0 Å². The van der Waals surface area contributed by atoms with Gasteiger partial charge in [-0.05, 0) is 42.8 Å². The number of carbonyl (C=O) groups excluding carboxylic acids is 2. The van der Waals surface area contributed by atoms with E-state index in [2.05, 4.69) is 20.7 Å². The molecular formula is C24H30N6O2S. The van der Waals surface area contributed by atoms with Crippen molar-refractivity contribution in [2.75, 3.05) is 0 Å². The highest BCUT2D eigenvalue weighted by Crippen LogP contribution is 2.20. The number of hydrogen-bond acceptors (Lipinski definition) is 6. The van der Waals surface area contributed by atoms with E-state index in [9.17, 15) is 9.59 Å². The van der Waals surface area contributed by atoms with Crippen molar-refractivity contribution in [3.05, 3.63) is 52.2 Å². The zero-order chi connectivity index (χ0) is 23.2. The van der Waals surface area contributed by atoms with Crippen LogP contribution in [-0.2, 0) is 22.7 Å². The molecule has 174 valence electrons. The van der Waals surface area contributed by atoms with E-state index < -0.39 is 6.04 Å². The van der Waals surface area contributed by atoms with Crippen molar-refractivity contribution in [1.82, 2.24) is 30.4 Å². The van der Waals surface area contributed by atoms with E-state index in [-0.39, 0.29) is 24.4 Å². The van der Waals surface area contributed by atoms with Crippen LogP contribution in [0.2, 0.25) is 0 Å². The predicted molar refractivity (Wildman–Crippen MR) is 127 cm³/mol. The molecule has 8 nitrogen and oxygen atoms in total. The van der Waals surface area contributed by atoms with Gasteiger partial charge in [-0.25, -0.2) is 0 Å². The number of nitrogens with zero attached hydrogens (tertiary/aromatic N) is 5. The Labute approximate surface area is 198 Å². The van der Waals surface area contributed by atoms with Gasteiger partial charge in [-0.15, -0.1) is 21.5 Å². The highest BCUT2D eigenvalue weighted by atomic mass is 32.1. The topological polar surface area (TPSA) is 93.0 Å². The lowest BCUT2D eigenvalue weighted by atomic mass is 10.1. The molecule has 1 atom stereocenters. The van der Waals surface area contributed by atoms with Crippen LogP contribution in [0, 0.1) is 6.92 Å². The standard InChI is InChI=1S/C24H30N6O2S/c1-3-21(24(32)25-19-7-4-5-8-19)29(15-20-9-6-14-33-20)22(31)16-30-27-23(26-28-30)18-12-10-17(2)11-13-18/h6,9-14,19,21H,3-5,7-8,15-16H2,1-2H3,(H,25,32)/t21-/m0/s1. The average molecular weight is 467 g/mol. The predicted octanol–water partition coefficient (Wildman–Crippen LogP) is 3.58. The number of nitrogens with one attached hydrogen (secondary N) is 1. The lowest BCUT2D eigenvalue weighted by Gasteiger charge is -2.30. The molecular weight excluding hydrogens is 436 g/mol. The first-order chi connectivity index (χ1) is 16.0. The number of aryl methyl sites for hydroxylation is 1. The van der Waals surface area contributed by atoms with Crippen molar-refractivity contribution >= 4 is 23.2 Å². The molecule has 0 radical (unpaired) electrons. The third kappa shape index (κ3) is 5.84. The van der Waals surface area contributed by atoms with Gasteiger partial charge >= 0.3 is 0 Å². The fourth-order valence-electron chi connectivity index (χ4n) is 4.20. The molecule has 2 amide bonds. The molecule has 0 spiro atoms. The van der Waals surface area contributed by atoms with Crippen LogP contribution >= 0.6 is 11.3 Å². The smallest absolute Gasteiger partial charge is 0.247 e. The van der Waals surface area contributed by atoms with Crippen LogP contribution in [0.25, 0.3) is 11.4 Å². The summed E-state index contributed by atoms with van der Waals surface area (Å²) in [7, 11) is 0. The molecule has 1 aromatic carbocycles. The molecule has 0 bridgehead atoms. The Bertz CT molecular complexity index is 1060. The lowest BCUT2D eigenvalue weighted by Crippen LogP contribution is -2.51. The summed E-state index contributed by atoms with van der Waals surface area (Å²) in [6.45, 7) is 4.27. The number of benzene rings is 1. The van der Waals surface area contributed by atoms with E-state index in [0.29, 0.717) is 18.8 Å².